The summed E-state index contributed by atoms with van der Waals surface area (Å²) in [6.45, 7) is 5.20. The Kier molecular flexibility index (Phi) is 4.61. The van der Waals surface area contributed by atoms with Gasteiger partial charge in [0.15, 0.2) is 0 Å². The molecule has 0 radical (unpaired) electrons. The van der Waals surface area contributed by atoms with Crippen LogP contribution >= 0.6 is 0 Å². The number of ether oxygens (including phenoxy) is 1. The summed E-state index contributed by atoms with van der Waals surface area (Å²) in [6.07, 6.45) is 3.76. The number of rotatable bonds is 5. The Hall–Kier alpha value is -1.06. The first-order valence-electron chi connectivity index (χ1n) is 6.90. The fraction of sp³-hybridized carbons (Fsp3) is 0.600. The van der Waals surface area contributed by atoms with Crippen LogP contribution in [0.15, 0.2) is 24.3 Å². The Morgan fingerprint density at radius 1 is 1.33 bits per heavy atom. The summed E-state index contributed by atoms with van der Waals surface area (Å²) in [6, 6.07) is 8.89. The Morgan fingerprint density at radius 3 is 2.61 bits per heavy atom. The van der Waals surface area contributed by atoms with Gasteiger partial charge in [-0.1, -0.05) is 12.1 Å². The van der Waals surface area contributed by atoms with E-state index in [9.17, 15) is 0 Å². The average Bonchev–Trinajstić information content (AvgIpc) is 2.82. The molecule has 0 aliphatic carbocycles. The first kappa shape index (κ1) is 13.4. The fourth-order valence-corrected chi connectivity index (χ4v) is 2.47. The molecule has 1 heterocycles. The molecule has 1 aliphatic heterocycles. The van der Waals surface area contributed by atoms with Crippen LogP contribution in [0.2, 0.25) is 0 Å². The maximum atomic E-state index is 6.25. The lowest BCUT2D eigenvalue weighted by molar-refractivity contribution is 0.242. The minimum atomic E-state index is 0.119. The monoisotopic (exact) mass is 248 g/mol. The average molecular weight is 248 g/mol. The third-order valence-electron chi connectivity index (χ3n) is 3.38. The van der Waals surface area contributed by atoms with Gasteiger partial charge in [0, 0.05) is 12.1 Å². The summed E-state index contributed by atoms with van der Waals surface area (Å²) in [7, 11) is 0. The molecule has 2 atom stereocenters. The van der Waals surface area contributed by atoms with Crippen LogP contribution in [0.4, 0.5) is 0 Å². The van der Waals surface area contributed by atoms with Crippen molar-refractivity contribution in [3.8, 4) is 5.75 Å². The highest BCUT2D eigenvalue weighted by molar-refractivity contribution is 5.29. The van der Waals surface area contributed by atoms with E-state index >= 15 is 0 Å². The highest BCUT2D eigenvalue weighted by Gasteiger charge is 2.18. The largest absolute Gasteiger partial charge is 0.491 e. The van der Waals surface area contributed by atoms with Gasteiger partial charge in [-0.05, 0) is 57.4 Å². The first-order chi connectivity index (χ1) is 8.65. The quantitative estimate of drug-likeness (QED) is 0.842. The predicted molar refractivity (Wildman–Crippen MR) is 74.8 cm³/mol. The van der Waals surface area contributed by atoms with Crippen molar-refractivity contribution in [2.75, 3.05) is 6.54 Å². The minimum absolute atomic E-state index is 0.119. The Labute approximate surface area is 110 Å². The van der Waals surface area contributed by atoms with Crippen molar-refractivity contribution < 1.29 is 4.74 Å². The SMILES string of the molecule is CC(C)Oc1ccc(C(N)CC2CCCN2)cc1. The van der Waals surface area contributed by atoms with E-state index in [1.807, 2.05) is 26.0 Å². The highest BCUT2D eigenvalue weighted by atomic mass is 16.5. The summed E-state index contributed by atoms with van der Waals surface area (Å²) in [5.41, 5.74) is 7.44. The van der Waals surface area contributed by atoms with Crippen LogP contribution in [0.5, 0.6) is 5.75 Å². The van der Waals surface area contributed by atoms with E-state index in [4.69, 9.17) is 10.5 Å². The second-order valence-corrected chi connectivity index (χ2v) is 5.37. The minimum Gasteiger partial charge on any atom is -0.491 e. The third-order valence-corrected chi connectivity index (χ3v) is 3.38. The summed E-state index contributed by atoms with van der Waals surface area (Å²) in [5, 5.41) is 3.49. The van der Waals surface area contributed by atoms with E-state index in [1.54, 1.807) is 0 Å². The van der Waals surface area contributed by atoms with Crippen LogP contribution in [0.25, 0.3) is 0 Å². The molecular weight excluding hydrogens is 224 g/mol. The molecule has 18 heavy (non-hydrogen) atoms. The van der Waals surface area contributed by atoms with Gasteiger partial charge in [-0.25, -0.2) is 0 Å². The summed E-state index contributed by atoms with van der Waals surface area (Å²) >= 11 is 0. The van der Waals surface area contributed by atoms with Crippen LogP contribution in [0.3, 0.4) is 0 Å². The van der Waals surface area contributed by atoms with Crippen LogP contribution < -0.4 is 15.8 Å². The smallest absolute Gasteiger partial charge is 0.119 e. The summed E-state index contributed by atoms with van der Waals surface area (Å²) in [4.78, 5) is 0. The molecule has 1 saturated heterocycles. The maximum Gasteiger partial charge on any atom is 0.119 e. The van der Waals surface area contributed by atoms with E-state index in [0.29, 0.717) is 6.04 Å². The van der Waals surface area contributed by atoms with Gasteiger partial charge in [0.2, 0.25) is 0 Å². The first-order valence-corrected chi connectivity index (χ1v) is 6.90. The molecule has 2 rings (SSSR count). The van der Waals surface area contributed by atoms with Gasteiger partial charge in [-0.15, -0.1) is 0 Å². The molecule has 1 fully saturated rings. The standard InChI is InChI=1S/C15H24N2O/c1-11(2)18-14-7-5-12(6-8-14)15(16)10-13-4-3-9-17-13/h5-8,11,13,15,17H,3-4,9-10,16H2,1-2H3. The number of hydrogen-bond donors (Lipinski definition) is 2. The van der Waals surface area contributed by atoms with Crippen molar-refractivity contribution >= 4 is 0 Å². The third kappa shape index (κ3) is 3.72. The zero-order chi connectivity index (χ0) is 13.0. The van der Waals surface area contributed by atoms with Crippen molar-refractivity contribution in [3.05, 3.63) is 29.8 Å². The van der Waals surface area contributed by atoms with Crippen LogP contribution in [0, 0.1) is 0 Å². The van der Waals surface area contributed by atoms with Gasteiger partial charge < -0.3 is 15.8 Å². The van der Waals surface area contributed by atoms with Crippen LogP contribution in [-0.2, 0) is 0 Å². The van der Waals surface area contributed by atoms with E-state index in [2.05, 4.69) is 17.4 Å². The topological polar surface area (TPSA) is 47.3 Å². The predicted octanol–water partition coefficient (Wildman–Crippen LogP) is 2.62. The zero-order valence-electron chi connectivity index (χ0n) is 11.4. The molecule has 3 N–H and O–H groups in total. The van der Waals surface area contributed by atoms with Crippen molar-refractivity contribution in [3.63, 3.8) is 0 Å². The Morgan fingerprint density at radius 2 is 2.06 bits per heavy atom. The van der Waals surface area contributed by atoms with Crippen LogP contribution in [-0.4, -0.2) is 18.7 Å². The molecule has 0 spiro atoms. The van der Waals surface area contributed by atoms with Crippen molar-refractivity contribution in [2.45, 2.75) is 51.3 Å². The fourth-order valence-electron chi connectivity index (χ4n) is 2.47. The molecule has 1 aromatic carbocycles. The summed E-state index contributed by atoms with van der Waals surface area (Å²) < 4.78 is 5.63. The lowest BCUT2D eigenvalue weighted by Gasteiger charge is -2.18. The van der Waals surface area contributed by atoms with Gasteiger partial charge in [0.05, 0.1) is 6.10 Å². The number of nitrogens with two attached hydrogens (primary N) is 1. The van der Waals surface area contributed by atoms with Gasteiger partial charge in [0.1, 0.15) is 5.75 Å². The second kappa shape index (κ2) is 6.21. The van der Waals surface area contributed by atoms with Crippen molar-refractivity contribution in [1.29, 1.82) is 0 Å². The normalized spacial score (nSPS) is 21.2. The Balaban J connectivity index is 1.91. The summed E-state index contributed by atoms with van der Waals surface area (Å²) in [5.74, 6) is 0.917. The molecular formula is C15H24N2O. The number of hydrogen-bond acceptors (Lipinski definition) is 3. The van der Waals surface area contributed by atoms with E-state index in [0.717, 1.165) is 18.7 Å². The van der Waals surface area contributed by atoms with E-state index < -0.39 is 0 Å². The molecule has 0 amide bonds. The van der Waals surface area contributed by atoms with Crippen LogP contribution in [0.1, 0.15) is 44.7 Å². The van der Waals surface area contributed by atoms with Crippen molar-refractivity contribution in [1.82, 2.24) is 5.32 Å². The van der Waals surface area contributed by atoms with E-state index in [-0.39, 0.29) is 12.1 Å². The van der Waals surface area contributed by atoms with Gasteiger partial charge >= 0.3 is 0 Å². The molecule has 1 aromatic rings. The maximum absolute atomic E-state index is 6.25. The molecule has 3 heteroatoms. The number of nitrogens with one attached hydrogen (secondary N) is 1. The van der Waals surface area contributed by atoms with E-state index in [1.165, 1.54) is 18.4 Å². The second-order valence-electron chi connectivity index (χ2n) is 5.37. The molecule has 0 saturated carbocycles. The molecule has 0 aromatic heterocycles. The zero-order valence-corrected chi connectivity index (χ0v) is 11.4. The molecule has 3 nitrogen and oxygen atoms in total. The highest BCUT2D eigenvalue weighted by Crippen LogP contribution is 2.22. The lowest BCUT2D eigenvalue weighted by Crippen LogP contribution is -2.26. The lowest BCUT2D eigenvalue weighted by atomic mass is 9.99. The Bertz CT molecular complexity index is 355. The molecule has 0 bridgehead atoms. The molecule has 1 aliphatic rings. The number of benzene rings is 1. The van der Waals surface area contributed by atoms with Gasteiger partial charge in [-0.2, -0.15) is 0 Å². The molecule has 2 unspecified atom stereocenters. The van der Waals surface area contributed by atoms with Crippen molar-refractivity contribution in [2.24, 2.45) is 5.73 Å². The van der Waals surface area contributed by atoms with Gasteiger partial charge in [0.25, 0.3) is 0 Å². The van der Waals surface area contributed by atoms with Gasteiger partial charge in [-0.3, -0.25) is 0 Å². The molecule has 100 valence electrons.